The van der Waals surface area contributed by atoms with Crippen LogP contribution in [0, 0.1) is 13.8 Å². The van der Waals surface area contributed by atoms with E-state index in [9.17, 15) is 0 Å². The van der Waals surface area contributed by atoms with Gasteiger partial charge in [0.05, 0.1) is 11.4 Å². The highest BCUT2D eigenvalue weighted by atomic mass is 15.3. The number of aryl methyl sites for hydroxylation is 3. The SMILES string of the molecule is C=C(NCCCn1cccn1)/C(C)=N/c1c(C)ncnc1N1CCc2cc(C)ccc21. The van der Waals surface area contributed by atoms with Crippen LogP contribution in [0.4, 0.5) is 17.2 Å². The molecule has 0 atom stereocenters. The van der Waals surface area contributed by atoms with Gasteiger partial charge in [-0.3, -0.25) is 4.68 Å². The molecule has 0 aliphatic carbocycles. The van der Waals surface area contributed by atoms with Crippen LogP contribution in [0.1, 0.15) is 30.2 Å². The first-order chi connectivity index (χ1) is 15.0. The second-order valence-corrected chi connectivity index (χ2v) is 7.89. The standard InChI is InChI=1S/C24H29N7/c1-17-7-8-22-21(15-17)9-14-31(22)24-23(20(4)26-16-27-24)29-19(3)18(2)25-10-5-12-30-13-6-11-28-30/h6-8,11,13,15-16,25H,2,5,9-10,12,14H2,1,3-4H3/b29-19+. The van der Waals surface area contributed by atoms with E-state index >= 15 is 0 Å². The summed E-state index contributed by atoms with van der Waals surface area (Å²) in [5, 5.41) is 7.60. The van der Waals surface area contributed by atoms with Crippen molar-refractivity contribution in [3.63, 3.8) is 0 Å². The Morgan fingerprint density at radius 3 is 2.94 bits per heavy atom. The number of anilines is 2. The topological polar surface area (TPSA) is 71.2 Å². The lowest BCUT2D eigenvalue weighted by Crippen LogP contribution is -2.20. The molecule has 4 rings (SSSR count). The van der Waals surface area contributed by atoms with Crippen LogP contribution in [-0.4, -0.2) is 38.5 Å². The summed E-state index contributed by atoms with van der Waals surface area (Å²) >= 11 is 0. The molecule has 7 heteroatoms. The van der Waals surface area contributed by atoms with Gasteiger partial charge in [0.15, 0.2) is 5.82 Å². The molecule has 1 aliphatic heterocycles. The Hall–Kier alpha value is -3.48. The number of nitrogens with one attached hydrogen (secondary N) is 1. The maximum absolute atomic E-state index is 4.89. The van der Waals surface area contributed by atoms with Gasteiger partial charge < -0.3 is 10.2 Å². The minimum Gasteiger partial charge on any atom is -0.384 e. The van der Waals surface area contributed by atoms with Crippen LogP contribution >= 0.6 is 0 Å². The summed E-state index contributed by atoms with van der Waals surface area (Å²) in [6.07, 6.45) is 7.35. The van der Waals surface area contributed by atoms with Crippen molar-refractivity contribution < 1.29 is 0 Å². The van der Waals surface area contributed by atoms with Crippen molar-refractivity contribution in [3.05, 3.63) is 72.1 Å². The predicted octanol–water partition coefficient (Wildman–Crippen LogP) is 4.27. The van der Waals surface area contributed by atoms with Gasteiger partial charge in [0.2, 0.25) is 0 Å². The van der Waals surface area contributed by atoms with Gasteiger partial charge in [0.25, 0.3) is 0 Å². The third-order valence-electron chi connectivity index (χ3n) is 5.55. The third kappa shape index (κ3) is 4.66. The number of allylic oxidation sites excluding steroid dienone is 1. The largest absolute Gasteiger partial charge is 0.384 e. The number of rotatable bonds is 8. The van der Waals surface area contributed by atoms with Crippen LogP contribution < -0.4 is 10.2 Å². The van der Waals surface area contributed by atoms with E-state index in [1.807, 2.05) is 30.8 Å². The van der Waals surface area contributed by atoms with Crippen molar-refractivity contribution >= 4 is 22.9 Å². The van der Waals surface area contributed by atoms with Crippen molar-refractivity contribution in [2.75, 3.05) is 18.0 Å². The summed E-state index contributed by atoms with van der Waals surface area (Å²) in [4.78, 5) is 16.1. The number of nitrogens with zero attached hydrogens (tertiary/aromatic N) is 6. The van der Waals surface area contributed by atoms with Crippen LogP contribution in [0.3, 0.4) is 0 Å². The Labute approximate surface area is 183 Å². The molecule has 1 aliphatic rings. The number of benzene rings is 1. The molecule has 1 N–H and O–H groups in total. The van der Waals surface area contributed by atoms with E-state index in [0.29, 0.717) is 0 Å². The molecule has 2 aromatic heterocycles. The van der Waals surface area contributed by atoms with Crippen molar-refractivity contribution in [2.24, 2.45) is 4.99 Å². The number of fused-ring (bicyclic) bond motifs is 1. The highest BCUT2D eigenvalue weighted by molar-refractivity contribution is 5.99. The fourth-order valence-electron chi connectivity index (χ4n) is 3.81. The molecule has 0 saturated heterocycles. The van der Waals surface area contributed by atoms with E-state index in [2.05, 4.69) is 57.0 Å². The maximum Gasteiger partial charge on any atom is 0.162 e. The number of aromatic nitrogens is 4. The third-order valence-corrected chi connectivity index (χ3v) is 5.55. The lowest BCUT2D eigenvalue weighted by Gasteiger charge is -2.21. The molecule has 0 amide bonds. The average Bonchev–Trinajstić information content (AvgIpc) is 3.42. The highest BCUT2D eigenvalue weighted by Gasteiger charge is 2.24. The molecule has 0 unspecified atom stereocenters. The number of hydrogen-bond donors (Lipinski definition) is 1. The molecule has 1 aromatic carbocycles. The summed E-state index contributed by atoms with van der Waals surface area (Å²) in [7, 11) is 0. The lowest BCUT2D eigenvalue weighted by molar-refractivity contribution is 0.566. The van der Waals surface area contributed by atoms with E-state index in [0.717, 1.165) is 61.1 Å². The molecule has 3 heterocycles. The lowest BCUT2D eigenvalue weighted by atomic mass is 10.1. The molecule has 31 heavy (non-hydrogen) atoms. The summed E-state index contributed by atoms with van der Waals surface area (Å²) in [6, 6.07) is 8.52. The van der Waals surface area contributed by atoms with E-state index < -0.39 is 0 Å². The number of hydrogen-bond acceptors (Lipinski definition) is 6. The van der Waals surface area contributed by atoms with Gasteiger partial charge >= 0.3 is 0 Å². The van der Waals surface area contributed by atoms with Crippen LogP contribution in [0.5, 0.6) is 0 Å². The van der Waals surface area contributed by atoms with Crippen molar-refractivity contribution in [1.29, 1.82) is 0 Å². The molecule has 0 spiro atoms. The normalized spacial score (nSPS) is 13.4. The second-order valence-electron chi connectivity index (χ2n) is 7.89. The Balaban J connectivity index is 1.49. The van der Waals surface area contributed by atoms with Crippen molar-refractivity contribution in [3.8, 4) is 0 Å². The van der Waals surface area contributed by atoms with Gasteiger partial charge in [-0.1, -0.05) is 24.3 Å². The predicted molar refractivity (Wildman–Crippen MR) is 125 cm³/mol. The van der Waals surface area contributed by atoms with Crippen LogP contribution in [0.15, 0.2) is 60.3 Å². The quantitative estimate of drug-likeness (QED) is 0.439. The van der Waals surface area contributed by atoms with Crippen molar-refractivity contribution in [2.45, 2.75) is 40.2 Å². The van der Waals surface area contributed by atoms with Crippen LogP contribution in [0.2, 0.25) is 0 Å². The van der Waals surface area contributed by atoms with Crippen molar-refractivity contribution in [1.82, 2.24) is 25.1 Å². The maximum atomic E-state index is 4.89. The number of aliphatic imine (C=N–C) groups is 1. The Bertz CT molecular complexity index is 1100. The molecule has 0 fully saturated rings. The smallest absolute Gasteiger partial charge is 0.162 e. The Morgan fingerprint density at radius 1 is 1.26 bits per heavy atom. The van der Waals surface area contributed by atoms with Crippen LogP contribution in [-0.2, 0) is 13.0 Å². The van der Waals surface area contributed by atoms with Gasteiger partial charge in [-0.05, 0) is 51.3 Å². The molecule has 7 nitrogen and oxygen atoms in total. The highest BCUT2D eigenvalue weighted by Crippen LogP contribution is 2.39. The molecule has 160 valence electrons. The summed E-state index contributed by atoms with van der Waals surface area (Å²) in [5.41, 5.74) is 7.14. The molecule has 0 radical (unpaired) electrons. The van der Waals surface area contributed by atoms with Gasteiger partial charge in [0.1, 0.15) is 12.0 Å². The zero-order chi connectivity index (χ0) is 21.8. The van der Waals surface area contributed by atoms with Gasteiger partial charge in [-0.15, -0.1) is 0 Å². The minimum absolute atomic E-state index is 0.799. The summed E-state index contributed by atoms with van der Waals surface area (Å²) in [5.74, 6) is 0.848. The summed E-state index contributed by atoms with van der Waals surface area (Å²) < 4.78 is 1.93. The molecular formula is C24H29N7. The Kier molecular flexibility index (Phi) is 6.11. The molecule has 0 bridgehead atoms. The zero-order valence-electron chi connectivity index (χ0n) is 18.5. The minimum atomic E-state index is 0.799. The molecular weight excluding hydrogens is 386 g/mol. The van der Waals surface area contributed by atoms with Crippen LogP contribution in [0.25, 0.3) is 0 Å². The van der Waals surface area contributed by atoms with E-state index in [-0.39, 0.29) is 0 Å². The second kappa shape index (κ2) is 9.12. The van der Waals surface area contributed by atoms with Gasteiger partial charge in [-0.2, -0.15) is 5.10 Å². The Morgan fingerprint density at radius 2 is 2.13 bits per heavy atom. The first-order valence-corrected chi connectivity index (χ1v) is 10.7. The van der Waals surface area contributed by atoms with E-state index in [1.54, 1.807) is 12.5 Å². The fourth-order valence-corrected chi connectivity index (χ4v) is 3.81. The average molecular weight is 416 g/mol. The van der Waals surface area contributed by atoms with E-state index in [4.69, 9.17) is 4.99 Å². The van der Waals surface area contributed by atoms with Gasteiger partial charge in [0, 0.05) is 43.4 Å². The molecule has 0 saturated carbocycles. The molecule has 3 aromatic rings. The fraction of sp³-hybridized carbons (Fsp3) is 0.333. The first kappa shape index (κ1) is 20.8. The zero-order valence-corrected chi connectivity index (χ0v) is 18.5. The summed E-state index contributed by atoms with van der Waals surface area (Å²) in [6.45, 7) is 12.8. The van der Waals surface area contributed by atoms with E-state index in [1.165, 1.54) is 16.8 Å². The first-order valence-electron chi connectivity index (χ1n) is 10.7. The monoisotopic (exact) mass is 415 g/mol. The van der Waals surface area contributed by atoms with Gasteiger partial charge in [-0.25, -0.2) is 15.0 Å².